The maximum atomic E-state index is 13.1. The molecule has 0 radical (unpaired) electrons. The molecule has 4 aromatic carbocycles. The average molecular weight is 424 g/mol. The van der Waals surface area contributed by atoms with E-state index < -0.39 is 5.91 Å². The number of aromatic hydroxyl groups is 1. The Kier molecular flexibility index (Phi) is 4.86. The van der Waals surface area contributed by atoms with Crippen LogP contribution in [0.5, 0.6) is 5.75 Å². The van der Waals surface area contributed by atoms with Gasteiger partial charge in [-0.25, -0.2) is 0 Å². The SMILES string of the molecule is O=C(Nc1ccccc1)c1c(O)c(/N=N/c2snc3ccccc23)cc2ccccc12. The van der Waals surface area contributed by atoms with Gasteiger partial charge in [0.1, 0.15) is 5.69 Å². The third kappa shape index (κ3) is 3.62. The lowest BCUT2D eigenvalue weighted by atomic mass is 10.0. The number of carbonyl (C=O) groups excluding carboxylic acids is 1. The van der Waals surface area contributed by atoms with Crippen molar-refractivity contribution >= 4 is 55.5 Å². The largest absolute Gasteiger partial charge is 0.505 e. The molecule has 1 amide bonds. The van der Waals surface area contributed by atoms with E-state index in [-0.39, 0.29) is 17.0 Å². The highest BCUT2D eigenvalue weighted by molar-refractivity contribution is 7.11. The van der Waals surface area contributed by atoms with Crippen molar-refractivity contribution in [1.82, 2.24) is 4.37 Å². The Morgan fingerprint density at radius 1 is 0.871 bits per heavy atom. The summed E-state index contributed by atoms with van der Waals surface area (Å²) in [5.74, 6) is -0.634. The second-order valence-electron chi connectivity index (χ2n) is 6.87. The fraction of sp³-hybridized carbons (Fsp3) is 0. The highest BCUT2D eigenvalue weighted by Gasteiger charge is 2.19. The van der Waals surface area contributed by atoms with Gasteiger partial charge in [-0.2, -0.15) is 4.37 Å². The van der Waals surface area contributed by atoms with Gasteiger partial charge < -0.3 is 10.4 Å². The molecule has 0 bridgehead atoms. The van der Waals surface area contributed by atoms with Crippen molar-refractivity contribution in [2.75, 3.05) is 5.32 Å². The number of hydrogen-bond acceptors (Lipinski definition) is 6. The number of benzene rings is 4. The minimum Gasteiger partial charge on any atom is -0.505 e. The molecule has 0 saturated heterocycles. The van der Waals surface area contributed by atoms with Gasteiger partial charge in [0.25, 0.3) is 5.91 Å². The van der Waals surface area contributed by atoms with Gasteiger partial charge in [0.2, 0.25) is 0 Å². The van der Waals surface area contributed by atoms with E-state index in [1.54, 1.807) is 24.3 Å². The number of aromatic nitrogens is 1. The van der Waals surface area contributed by atoms with Crippen molar-refractivity contribution in [2.24, 2.45) is 10.2 Å². The first-order valence-electron chi connectivity index (χ1n) is 9.58. The second-order valence-corrected chi connectivity index (χ2v) is 7.62. The molecule has 5 rings (SSSR count). The van der Waals surface area contributed by atoms with Gasteiger partial charge in [0.15, 0.2) is 10.8 Å². The van der Waals surface area contributed by atoms with E-state index in [0.29, 0.717) is 16.1 Å². The molecule has 0 saturated carbocycles. The molecule has 0 atom stereocenters. The van der Waals surface area contributed by atoms with Crippen molar-refractivity contribution in [3.63, 3.8) is 0 Å². The first-order valence-corrected chi connectivity index (χ1v) is 10.4. The van der Waals surface area contributed by atoms with Gasteiger partial charge in [-0.05, 0) is 52.6 Å². The average Bonchev–Trinajstić information content (AvgIpc) is 3.21. The smallest absolute Gasteiger partial charge is 0.260 e. The van der Waals surface area contributed by atoms with Gasteiger partial charge in [-0.15, -0.1) is 10.2 Å². The van der Waals surface area contributed by atoms with Crippen LogP contribution in [0.15, 0.2) is 95.2 Å². The number of anilines is 1. The Hall–Kier alpha value is -4.10. The quantitative estimate of drug-likeness (QED) is 0.310. The fourth-order valence-corrected chi connectivity index (χ4v) is 4.08. The Morgan fingerprint density at radius 2 is 1.58 bits per heavy atom. The summed E-state index contributed by atoms with van der Waals surface area (Å²) in [7, 11) is 0. The lowest BCUT2D eigenvalue weighted by Gasteiger charge is -2.11. The number of hydrogen-bond donors (Lipinski definition) is 2. The van der Waals surface area contributed by atoms with Gasteiger partial charge >= 0.3 is 0 Å². The minimum absolute atomic E-state index is 0.157. The van der Waals surface area contributed by atoms with Gasteiger partial charge in [-0.3, -0.25) is 4.79 Å². The van der Waals surface area contributed by atoms with Crippen LogP contribution in [-0.2, 0) is 0 Å². The predicted molar refractivity (Wildman–Crippen MR) is 124 cm³/mol. The number of para-hydroxylation sites is 1. The van der Waals surface area contributed by atoms with Crippen LogP contribution in [-0.4, -0.2) is 15.4 Å². The van der Waals surface area contributed by atoms with E-state index in [0.717, 1.165) is 16.3 Å². The van der Waals surface area contributed by atoms with Crippen LogP contribution >= 0.6 is 11.5 Å². The van der Waals surface area contributed by atoms with Crippen molar-refractivity contribution in [1.29, 1.82) is 0 Å². The molecule has 2 N–H and O–H groups in total. The monoisotopic (exact) mass is 424 g/mol. The fourth-order valence-electron chi connectivity index (χ4n) is 3.39. The summed E-state index contributed by atoms with van der Waals surface area (Å²) in [6.07, 6.45) is 0. The molecule has 31 heavy (non-hydrogen) atoms. The Balaban J connectivity index is 1.59. The number of amides is 1. The van der Waals surface area contributed by atoms with Crippen LogP contribution in [0.3, 0.4) is 0 Å². The van der Waals surface area contributed by atoms with Crippen molar-refractivity contribution in [3.8, 4) is 5.75 Å². The molecule has 7 heteroatoms. The molecule has 6 nitrogen and oxygen atoms in total. The number of fused-ring (bicyclic) bond motifs is 2. The summed E-state index contributed by atoms with van der Waals surface area (Å²) in [4.78, 5) is 13.1. The maximum absolute atomic E-state index is 13.1. The molecule has 0 aliphatic rings. The normalized spacial score (nSPS) is 11.4. The zero-order chi connectivity index (χ0) is 21.2. The predicted octanol–water partition coefficient (Wildman–Crippen LogP) is 6.82. The van der Waals surface area contributed by atoms with Crippen LogP contribution < -0.4 is 5.32 Å². The summed E-state index contributed by atoms with van der Waals surface area (Å²) in [5.41, 5.74) is 1.85. The third-order valence-electron chi connectivity index (χ3n) is 4.87. The number of rotatable bonds is 4. The van der Waals surface area contributed by atoms with E-state index in [1.165, 1.54) is 11.5 Å². The second kappa shape index (κ2) is 7.97. The van der Waals surface area contributed by atoms with E-state index in [1.807, 2.05) is 60.7 Å². The molecule has 1 aromatic heterocycles. The van der Waals surface area contributed by atoms with E-state index in [9.17, 15) is 9.90 Å². The number of phenolic OH excluding ortho intramolecular Hbond substituents is 1. The van der Waals surface area contributed by atoms with E-state index >= 15 is 0 Å². The Bertz CT molecular complexity index is 1440. The zero-order valence-corrected chi connectivity index (χ0v) is 17.0. The molecule has 5 aromatic rings. The van der Waals surface area contributed by atoms with Crippen molar-refractivity contribution in [2.45, 2.75) is 0 Å². The summed E-state index contributed by atoms with van der Waals surface area (Å²) < 4.78 is 4.36. The van der Waals surface area contributed by atoms with Crippen molar-refractivity contribution < 1.29 is 9.90 Å². The van der Waals surface area contributed by atoms with Gasteiger partial charge in [0.05, 0.1) is 11.1 Å². The Morgan fingerprint density at radius 3 is 2.42 bits per heavy atom. The molecule has 0 aliphatic carbocycles. The highest BCUT2D eigenvalue weighted by Crippen LogP contribution is 2.39. The number of nitrogens with one attached hydrogen (secondary N) is 1. The number of nitrogens with zero attached hydrogens (tertiary/aromatic N) is 3. The summed E-state index contributed by atoms with van der Waals surface area (Å²) in [6, 6.07) is 25.8. The molecule has 150 valence electrons. The van der Waals surface area contributed by atoms with Gasteiger partial charge in [0, 0.05) is 11.1 Å². The molecule has 0 spiro atoms. The molecule has 0 unspecified atom stereocenters. The van der Waals surface area contributed by atoms with E-state index in [2.05, 4.69) is 19.9 Å². The lowest BCUT2D eigenvalue weighted by Crippen LogP contribution is -2.12. The number of azo groups is 1. The van der Waals surface area contributed by atoms with Crippen LogP contribution in [0.2, 0.25) is 0 Å². The number of carbonyl (C=O) groups is 1. The Labute approximate surface area is 181 Å². The third-order valence-corrected chi connectivity index (χ3v) is 5.64. The number of phenols is 1. The molecule has 0 aliphatic heterocycles. The highest BCUT2D eigenvalue weighted by atomic mass is 32.1. The lowest BCUT2D eigenvalue weighted by molar-refractivity contribution is 0.102. The first-order chi connectivity index (χ1) is 15.2. The van der Waals surface area contributed by atoms with Crippen LogP contribution in [0.4, 0.5) is 16.4 Å². The molecule has 0 fully saturated rings. The standard InChI is InChI=1S/C24H16N4O2S/c29-22-20(26-27-24-18-12-6-7-13-19(18)28-31-24)14-15-8-4-5-11-17(15)21(22)23(30)25-16-9-2-1-3-10-16/h1-14,29H,(H,25,30)/b27-26+. The van der Waals surface area contributed by atoms with Crippen LogP contribution in [0.25, 0.3) is 21.7 Å². The first kappa shape index (κ1) is 18.9. The summed E-state index contributed by atoms with van der Waals surface area (Å²) in [5, 5.41) is 25.3. The minimum atomic E-state index is -0.416. The summed E-state index contributed by atoms with van der Waals surface area (Å²) in [6.45, 7) is 0. The summed E-state index contributed by atoms with van der Waals surface area (Å²) >= 11 is 1.23. The van der Waals surface area contributed by atoms with Crippen molar-refractivity contribution in [3.05, 3.63) is 90.5 Å². The van der Waals surface area contributed by atoms with E-state index in [4.69, 9.17) is 0 Å². The topological polar surface area (TPSA) is 86.9 Å². The molecule has 1 heterocycles. The molecular formula is C24H16N4O2S. The molecular weight excluding hydrogens is 408 g/mol. The zero-order valence-electron chi connectivity index (χ0n) is 16.2. The maximum Gasteiger partial charge on any atom is 0.260 e. The van der Waals surface area contributed by atoms with Gasteiger partial charge in [-0.1, -0.05) is 54.6 Å². The van der Waals surface area contributed by atoms with Crippen LogP contribution in [0, 0.1) is 0 Å². The van der Waals surface area contributed by atoms with Crippen LogP contribution in [0.1, 0.15) is 10.4 Å².